The monoisotopic (exact) mass is 275 g/mol. The minimum absolute atomic E-state index is 0.0225. The van der Waals surface area contributed by atoms with Crippen molar-refractivity contribution in [1.82, 2.24) is 4.90 Å². The van der Waals surface area contributed by atoms with Gasteiger partial charge in [0.2, 0.25) is 0 Å². The smallest absolute Gasteiger partial charge is 0.325 e. The molecule has 0 saturated carbocycles. The molecule has 0 unspecified atom stereocenters. The Bertz CT molecular complexity index is 542. The van der Waals surface area contributed by atoms with Gasteiger partial charge >= 0.3 is 5.97 Å². The van der Waals surface area contributed by atoms with Crippen LogP contribution >= 0.6 is 0 Å². The molecule has 5 heteroatoms. The molecule has 0 heterocycles. The van der Waals surface area contributed by atoms with E-state index in [0.717, 1.165) is 0 Å². The van der Waals surface area contributed by atoms with E-state index in [1.54, 1.807) is 24.3 Å². The number of methoxy groups -OCH3 is 1. The number of esters is 1. The van der Waals surface area contributed by atoms with Crippen LogP contribution in [0.2, 0.25) is 0 Å². The Morgan fingerprint density at radius 3 is 2.70 bits per heavy atom. The van der Waals surface area contributed by atoms with Gasteiger partial charge < -0.3 is 14.7 Å². The number of hydrogen-bond donors (Lipinski definition) is 1. The molecule has 0 spiro atoms. The Morgan fingerprint density at radius 1 is 1.35 bits per heavy atom. The van der Waals surface area contributed by atoms with Crippen molar-refractivity contribution in [1.29, 1.82) is 0 Å². The standard InChI is InChI=1S/C15H17NO4/c1-16(11-14(18)20-2)15(19)13-9-4-3-7-12(13)8-5-6-10-17/h3-4,7,9,17H,6,10-11H2,1-2H3. The lowest BCUT2D eigenvalue weighted by Gasteiger charge is -2.16. The van der Waals surface area contributed by atoms with Crippen molar-refractivity contribution in [3.05, 3.63) is 35.4 Å². The maximum Gasteiger partial charge on any atom is 0.325 e. The molecule has 1 amide bonds. The fourth-order valence-electron chi connectivity index (χ4n) is 1.53. The predicted molar refractivity (Wildman–Crippen MR) is 74.0 cm³/mol. The van der Waals surface area contributed by atoms with Crippen molar-refractivity contribution in [3.8, 4) is 11.8 Å². The Morgan fingerprint density at radius 2 is 2.05 bits per heavy atom. The number of carbonyl (C=O) groups is 2. The molecule has 5 nitrogen and oxygen atoms in total. The van der Waals surface area contributed by atoms with E-state index in [-0.39, 0.29) is 19.1 Å². The van der Waals surface area contributed by atoms with Gasteiger partial charge in [0.1, 0.15) is 6.54 Å². The minimum Gasteiger partial charge on any atom is -0.468 e. The lowest BCUT2D eigenvalue weighted by Crippen LogP contribution is -2.33. The van der Waals surface area contributed by atoms with Crippen LogP contribution in [0.25, 0.3) is 0 Å². The third-order valence-corrected chi connectivity index (χ3v) is 2.56. The number of hydrogen-bond acceptors (Lipinski definition) is 4. The summed E-state index contributed by atoms with van der Waals surface area (Å²) < 4.78 is 4.53. The highest BCUT2D eigenvalue weighted by Crippen LogP contribution is 2.10. The lowest BCUT2D eigenvalue weighted by molar-refractivity contribution is -0.141. The summed E-state index contributed by atoms with van der Waals surface area (Å²) in [6.45, 7) is -0.140. The molecule has 1 rings (SSSR count). The fraction of sp³-hybridized carbons (Fsp3) is 0.333. The highest BCUT2D eigenvalue weighted by Gasteiger charge is 2.17. The van der Waals surface area contributed by atoms with E-state index in [0.29, 0.717) is 17.5 Å². The van der Waals surface area contributed by atoms with Crippen molar-refractivity contribution in [2.45, 2.75) is 6.42 Å². The predicted octanol–water partition coefficient (Wildman–Crippen LogP) is 0.665. The minimum atomic E-state index is -0.482. The molecular weight excluding hydrogens is 258 g/mol. The van der Waals surface area contributed by atoms with Gasteiger partial charge in [-0.2, -0.15) is 0 Å². The number of rotatable bonds is 4. The third-order valence-electron chi connectivity index (χ3n) is 2.56. The Hall–Kier alpha value is -2.32. The van der Waals surface area contributed by atoms with E-state index < -0.39 is 5.97 Å². The van der Waals surface area contributed by atoms with E-state index in [2.05, 4.69) is 16.6 Å². The molecule has 0 saturated heterocycles. The molecule has 1 N–H and O–H groups in total. The quantitative estimate of drug-likeness (QED) is 0.647. The van der Waals surface area contributed by atoms with Gasteiger partial charge in [0.25, 0.3) is 5.91 Å². The topological polar surface area (TPSA) is 66.8 Å². The molecule has 20 heavy (non-hydrogen) atoms. The normalized spacial score (nSPS) is 9.35. The molecule has 0 fully saturated rings. The summed E-state index contributed by atoms with van der Waals surface area (Å²) in [5.41, 5.74) is 0.993. The largest absolute Gasteiger partial charge is 0.468 e. The molecule has 0 aromatic heterocycles. The number of aliphatic hydroxyl groups excluding tert-OH is 1. The van der Waals surface area contributed by atoms with Crippen molar-refractivity contribution in [2.75, 3.05) is 27.3 Å². The van der Waals surface area contributed by atoms with Crippen LogP contribution in [0.5, 0.6) is 0 Å². The number of benzene rings is 1. The van der Waals surface area contributed by atoms with Crippen LogP contribution in [0, 0.1) is 11.8 Å². The van der Waals surface area contributed by atoms with Crippen LogP contribution in [0.4, 0.5) is 0 Å². The molecule has 0 aliphatic heterocycles. The summed E-state index contributed by atoms with van der Waals surface area (Å²) in [4.78, 5) is 24.7. The molecule has 0 bridgehead atoms. The second-order valence-electron chi connectivity index (χ2n) is 4.06. The van der Waals surface area contributed by atoms with Gasteiger partial charge in [-0.1, -0.05) is 24.0 Å². The molecule has 0 radical (unpaired) electrons. The lowest BCUT2D eigenvalue weighted by atomic mass is 10.1. The van der Waals surface area contributed by atoms with E-state index in [9.17, 15) is 9.59 Å². The number of likely N-dealkylation sites (N-methyl/N-ethyl adjacent to an activating group) is 1. The number of ether oxygens (including phenoxy) is 1. The van der Waals surface area contributed by atoms with Crippen LogP contribution in [0.3, 0.4) is 0 Å². The van der Waals surface area contributed by atoms with E-state index in [4.69, 9.17) is 5.11 Å². The van der Waals surface area contributed by atoms with Gasteiger partial charge in [-0.3, -0.25) is 9.59 Å². The summed E-state index contributed by atoms with van der Waals surface area (Å²) in [6, 6.07) is 6.89. The summed E-state index contributed by atoms with van der Waals surface area (Å²) in [6.07, 6.45) is 0.348. The first-order chi connectivity index (χ1) is 9.60. The van der Waals surface area contributed by atoms with E-state index >= 15 is 0 Å². The molecule has 1 aromatic carbocycles. The molecule has 106 valence electrons. The number of carbonyl (C=O) groups excluding carboxylic acids is 2. The van der Waals surface area contributed by atoms with Crippen LogP contribution in [0.15, 0.2) is 24.3 Å². The zero-order valence-electron chi connectivity index (χ0n) is 11.5. The number of nitrogens with zero attached hydrogens (tertiary/aromatic N) is 1. The highest BCUT2D eigenvalue weighted by molar-refractivity contribution is 5.98. The second-order valence-corrected chi connectivity index (χ2v) is 4.06. The third kappa shape index (κ3) is 4.41. The number of amides is 1. The van der Waals surface area contributed by atoms with Gasteiger partial charge in [-0.25, -0.2) is 0 Å². The zero-order valence-corrected chi connectivity index (χ0v) is 11.5. The first-order valence-corrected chi connectivity index (χ1v) is 6.11. The van der Waals surface area contributed by atoms with Crippen LogP contribution in [-0.2, 0) is 9.53 Å². The zero-order chi connectivity index (χ0) is 15.0. The average Bonchev–Trinajstić information content (AvgIpc) is 2.47. The molecule has 0 atom stereocenters. The first-order valence-electron chi connectivity index (χ1n) is 6.11. The molecular formula is C15H17NO4. The fourth-order valence-corrected chi connectivity index (χ4v) is 1.53. The van der Waals surface area contributed by atoms with Gasteiger partial charge in [-0.05, 0) is 12.1 Å². The molecule has 0 aliphatic rings. The maximum absolute atomic E-state index is 12.3. The highest BCUT2D eigenvalue weighted by atomic mass is 16.5. The van der Waals surface area contributed by atoms with E-state index in [1.807, 2.05) is 0 Å². The SMILES string of the molecule is COC(=O)CN(C)C(=O)c1ccccc1C#CCCO. The van der Waals surface area contributed by atoms with E-state index in [1.165, 1.54) is 19.1 Å². The van der Waals surface area contributed by atoms with Gasteiger partial charge in [0.15, 0.2) is 0 Å². The van der Waals surface area contributed by atoms with Gasteiger partial charge in [0.05, 0.1) is 19.3 Å². The number of aliphatic hydroxyl groups is 1. The van der Waals surface area contributed by atoms with Crippen LogP contribution < -0.4 is 0 Å². The van der Waals surface area contributed by atoms with Crippen molar-refractivity contribution in [2.24, 2.45) is 0 Å². The average molecular weight is 275 g/mol. The van der Waals surface area contributed by atoms with Crippen molar-refractivity contribution in [3.63, 3.8) is 0 Å². The Balaban J connectivity index is 2.93. The Labute approximate surface area is 118 Å². The molecule has 0 aliphatic carbocycles. The summed E-state index contributed by atoms with van der Waals surface area (Å²) >= 11 is 0. The maximum atomic E-state index is 12.3. The first kappa shape index (κ1) is 15.7. The van der Waals surface area contributed by atoms with Crippen LogP contribution in [0.1, 0.15) is 22.3 Å². The summed E-state index contributed by atoms with van der Waals surface area (Å²) in [7, 11) is 2.80. The molecule has 1 aromatic rings. The summed E-state index contributed by atoms with van der Waals surface area (Å²) in [5.74, 6) is 4.84. The van der Waals surface area contributed by atoms with Crippen molar-refractivity contribution >= 4 is 11.9 Å². The second kappa shape index (κ2) is 7.97. The van der Waals surface area contributed by atoms with Gasteiger partial charge in [0, 0.05) is 19.0 Å². The van der Waals surface area contributed by atoms with Crippen molar-refractivity contribution < 1.29 is 19.4 Å². The van der Waals surface area contributed by atoms with Crippen LogP contribution in [-0.4, -0.2) is 49.2 Å². The summed E-state index contributed by atoms with van der Waals surface area (Å²) in [5, 5.41) is 8.71. The Kier molecular flexibility index (Phi) is 6.27. The van der Waals surface area contributed by atoms with Gasteiger partial charge in [-0.15, -0.1) is 0 Å².